The molecular formula is C26H28N6O2S. The van der Waals surface area contributed by atoms with Crippen LogP contribution >= 0.6 is 11.3 Å². The maximum atomic E-state index is 13.4. The van der Waals surface area contributed by atoms with Crippen LogP contribution in [0, 0.1) is 0 Å². The van der Waals surface area contributed by atoms with Crippen molar-refractivity contribution in [3.63, 3.8) is 0 Å². The zero-order valence-corrected chi connectivity index (χ0v) is 20.9. The minimum absolute atomic E-state index is 0.212. The fourth-order valence-corrected chi connectivity index (χ4v) is 6.07. The van der Waals surface area contributed by atoms with Crippen LogP contribution in [0.15, 0.2) is 36.5 Å². The highest BCUT2D eigenvalue weighted by atomic mass is 32.1. The number of anilines is 2. The smallest absolute Gasteiger partial charge is 0.316 e. The van der Waals surface area contributed by atoms with Crippen molar-refractivity contribution in [1.29, 1.82) is 0 Å². The van der Waals surface area contributed by atoms with Gasteiger partial charge in [-0.25, -0.2) is 9.97 Å². The fourth-order valence-electron chi connectivity index (χ4n) is 4.89. The summed E-state index contributed by atoms with van der Waals surface area (Å²) in [6.45, 7) is 6.10. The molecule has 1 aliphatic carbocycles. The highest BCUT2D eigenvalue weighted by molar-refractivity contribution is 7.18. The molecule has 2 atom stereocenters. The van der Waals surface area contributed by atoms with Crippen molar-refractivity contribution in [2.24, 2.45) is 0 Å². The van der Waals surface area contributed by atoms with Crippen molar-refractivity contribution in [3.05, 3.63) is 47.1 Å². The standard InChI is InChI=1S/C26H28N6O2S/c1-14-12-32(13-15(2)28-14)21-9-7-18(23-19(21)11-27-26(31-23)34-3)24(33)29-17-6-8-20-22(10-17)35-25(30-20)16-4-5-16/h6-11,14-16,28H,4-5,12-13H2,1-3H3,(H,29,33)/t14-,15-/m1/s1. The largest absolute Gasteiger partial charge is 0.467 e. The quantitative estimate of drug-likeness (QED) is 0.425. The first kappa shape index (κ1) is 22.2. The van der Waals surface area contributed by atoms with Gasteiger partial charge >= 0.3 is 6.01 Å². The Bertz CT molecular complexity index is 1420. The zero-order chi connectivity index (χ0) is 24.1. The van der Waals surface area contributed by atoms with Gasteiger partial charge in [-0.3, -0.25) is 4.79 Å². The van der Waals surface area contributed by atoms with Crippen LogP contribution in [0.25, 0.3) is 21.1 Å². The second-order valence-electron chi connectivity index (χ2n) is 9.59. The first-order chi connectivity index (χ1) is 17.0. The summed E-state index contributed by atoms with van der Waals surface area (Å²) in [7, 11) is 1.53. The average molecular weight is 489 g/mol. The van der Waals surface area contributed by atoms with Gasteiger partial charge in [0.1, 0.15) is 0 Å². The molecule has 9 heteroatoms. The number of carbonyl (C=O) groups excluding carboxylic acids is 1. The second-order valence-corrected chi connectivity index (χ2v) is 10.7. The number of hydrogen-bond donors (Lipinski definition) is 2. The first-order valence-electron chi connectivity index (χ1n) is 12.0. The summed E-state index contributed by atoms with van der Waals surface area (Å²) in [5.74, 6) is 0.405. The molecule has 35 heavy (non-hydrogen) atoms. The number of nitrogens with one attached hydrogen (secondary N) is 2. The van der Waals surface area contributed by atoms with Crippen molar-refractivity contribution < 1.29 is 9.53 Å². The molecule has 2 fully saturated rings. The number of methoxy groups -OCH3 is 1. The lowest BCUT2D eigenvalue weighted by molar-refractivity contribution is 0.102. The van der Waals surface area contributed by atoms with E-state index >= 15 is 0 Å². The van der Waals surface area contributed by atoms with E-state index < -0.39 is 0 Å². The van der Waals surface area contributed by atoms with Crippen LogP contribution in [0.2, 0.25) is 0 Å². The molecule has 1 amide bonds. The van der Waals surface area contributed by atoms with E-state index in [2.05, 4.69) is 39.3 Å². The van der Waals surface area contributed by atoms with Gasteiger partial charge in [0.2, 0.25) is 0 Å². The van der Waals surface area contributed by atoms with Crippen molar-refractivity contribution >= 4 is 49.7 Å². The van der Waals surface area contributed by atoms with E-state index in [1.807, 2.05) is 30.3 Å². The number of rotatable bonds is 5. The van der Waals surface area contributed by atoms with Crippen LogP contribution in [0.4, 0.5) is 11.4 Å². The normalized spacial score (nSPS) is 20.4. The number of benzene rings is 2. The Morgan fingerprint density at radius 3 is 2.69 bits per heavy atom. The molecule has 6 rings (SSSR count). The van der Waals surface area contributed by atoms with Gasteiger partial charge in [-0.05, 0) is 57.0 Å². The van der Waals surface area contributed by atoms with Gasteiger partial charge < -0.3 is 20.3 Å². The van der Waals surface area contributed by atoms with E-state index in [1.165, 1.54) is 25.0 Å². The second kappa shape index (κ2) is 8.73. The van der Waals surface area contributed by atoms with Crippen LogP contribution in [0.1, 0.15) is 48.0 Å². The summed E-state index contributed by atoms with van der Waals surface area (Å²) in [6, 6.07) is 10.7. The van der Waals surface area contributed by atoms with Crippen LogP contribution < -0.4 is 20.3 Å². The zero-order valence-electron chi connectivity index (χ0n) is 20.0. The summed E-state index contributed by atoms with van der Waals surface area (Å²) < 4.78 is 6.38. The van der Waals surface area contributed by atoms with E-state index in [0.29, 0.717) is 29.1 Å². The molecule has 1 saturated heterocycles. The molecule has 4 aromatic rings. The van der Waals surface area contributed by atoms with Crippen molar-refractivity contribution in [2.45, 2.75) is 44.7 Å². The van der Waals surface area contributed by atoms with E-state index in [1.54, 1.807) is 17.5 Å². The maximum Gasteiger partial charge on any atom is 0.316 e. The number of hydrogen-bond acceptors (Lipinski definition) is 8. The molecule has 1 aliphatic heterocycles. The monoisotopic (exact) mass is 488 g/mol. The van der Waals surface area contributed by atoms with Gasteiger partial charge in [0.25, 0.3) is 5.91 Å². The lowest BCUT2D eigenvalue weighted by atomic mass is 10.0. The highest BCUT2D eigenvalue weighted by Crippen LogP contribution is 2.43. The predicted molar refractivity (Wildman–Crippen MR) is 140 cm³/mol. The molecule has 1 saturated carbocycles. The van der Waals surface area contributed by atoms with E-state index in [0.717, 1.165) is 40.1 Å². The van der Waals surface area contributed by atoms with E-state index in [4.69, 9.17) is 9.72 Å². The summed E-state index contributed by atoms with van der Waals surface area (Å²) in [5, 5.41) is 8.67. The van der Waals surface area contributed by atoms with Crippen LogP contribution in [-0.2, 0) is 0 Å². The van der Waals surface area contributed by atoms with Crippen molar-refractivity contribution in [3.8, 4) is 6.01 Å². The Hall–Kier alpha value is -3.30. The van der Waals surface area contributed by atoms with E-state index in [-0.39, 0.29) is 11.9 Å². The molecule has 2 aliphatic rings. The van der Waals surface area contributed by atoms with Crippen LogP contribution in [-0.4, -0.2) is 53.1 Å². The van der Waals surface area contributed by atoms with Gasteiger partial charge in [-0.1, -0.05) is 0 Å². The minimum atomic E-state index is -0.212. The lowest BCUT2D eigenvalue weighted by Crippen LogP contribution is -2.54. The molecule has 180 valence electrons. The van der Waals surface area contributed by atoms with Crippen LogP contribution in [0.3, 0.4) is 0 Å². The average Bonchev–Trinajstić information content (AvgIpc) is 3.61. The predicted octanol–water partition coefficient (Wildman–Crippen LogP) is 4.56. The highest BCUT2D eigenvalue weighted by Gasteiger charge is 2.27. The molecular weight excluding hydrogens is 460 g/mol. The Morgan fingerprint density at radius 2 is 1.94 bits per heavy atom. The third-order valence-electron chi connectivity index (χ3n) is 6.62. The van der Waals surface area contributed by atoms with Crippen molar-refractivity contribution in [2.75, 3.05) is 30.4 Å². The number of aromatic nitrogens is 3. The van der Waals surface area contributed by atoms with E-state index in [9.17, 15) is 4.79 Å². The van der Waals surface area contributed by atoms with Gasteiger partial charge in [-0.15, -0.1) is 11.3 Å². The molecule has 0 spiro atoms. The minimum Gasteiger partial charge on any atom is -0.467 e. The fraction of sp³-hybridized carbons (Fsp3) is 0.385. The molecule has 2 aromatic carbocycles. The number of thiazole rings is 1. The Balaban J connectivity index is 1.35. The molecule has 0 bridgehead atoms. The topological polar surface area (TPSA) is 92.3 Å². The number of ether oxygens (including phenoxy) is 1. The summed E-state index contributed by atoms with van der Waals surface area (Å²) in [6.07, 6.45) is 4.21. The van der Waals surface area contributed by atoms with Gasteiger partial charge in [0, 0.05) is 54.0 Å². The molecule has 3 heterocycles. The number of carbonyl (C=O) groups is 1. The third-order valence-corrected chi connectivity index (χ3v) is 7.80. The first-order valence-corrected chi connectivity index (χ1v) is 12.9. The SMILES string of the molecule is COc1ncc2c(N3C[C@@H](C)N[C@H](C)C3)ccc(C(=O)Nc3ccc4nc(C5CC5)sc4c3)c2n1. The Kier molecular flexibility index (Phi) is 5.53. The molecule has 2 aromatic heterocycles. The van der Waals surface area contributed by atoms with Gasteiger partial charge in [0.05, 0.1) is 33.4 Å². The summed E-state index contributed by atoms with van der Waals surface area (Å²) >= 11 is 1.72. The Morgan fingerprint density at radius 1 is 1.14 bits per heavy atom. The molecule has 2 N–H and O–H groups in total. The maximum absolute atomic E-state index is 13.4. The van der Waals surface area contributed by atoms with Gasteiger partial charge in [0.15, 0.2) is 0 Å². The number of fused-ring (bicyclic) bond motifs is 2. The molecule has 0 radical (unpaired) electrons. The number of piperazine rings is 1. The number of nitrogens with zero attached hydrogens (tertiary/aromatic N) is 4. The van der Waals surface area contributed by atoms with Crippen molar-refractivity contribution in [1.82, 2.24) is 20.3 Å². The molecule has 8 nitrogen and oxygen atoms in total. The van der Waals surface area contributed by atoms with Gasteiger partial charge in [-0.2, -0.15) is 4.98 Å². The lowest BCUT2D eigenvalue weighted by Gasteiger charge is -2.38. The third kappa shape index (κ3) is 4.30. The number of amides is 1. The summed E-state index contributed by atoms with van der Waals surface area (Å²) in [4.78, 5) is 29.4. The Labute approximate surface area is 207 Å². The molecule has 0 unspecified atom stereocenters. The summed E-state index contributed by atoms with van der Waals surface area (Å²) in [5.41, 5.74) is 3.83. The van der Waals surface area contributed by atoms with Crippen LogP contribution in [0.5, 0.6) is 6.01 Å².